The minimum atomic E-state index is -4.75. The molecular formula is C50H28N10O10S2. The molecule has 5 aliphatic rings. The number of nitrogens with zero attached hydrogens (tertiary/aromatic N) is 8. The van der Waals surface area contributed by atoms with Gasteiger partial charge < -0.3 is 9.97 Å². The number of nitrogens with one attached hydrogen (secondary N) is 2. The number of carbonyl (C=O) groups excluding carboxylic acids is 4. The number of amides is 4. The fourth-order valence-corrected chi connectivity index (χ4v) is 10.5. The molecule has 13 rings (SSSR count). The number of fused-ring (bicyclic) bond motifs is 22. The van der Waals surface area contributed by atoms with Gasteiger partial charge in [-0.1, -0.05) is 48.5 Å². The third-order valence-electron chi connectivity index (χ3n) is 12.9. The Bertz CT molecular complexity index is 4290. The quantitative estimate of drug-likeness (QED) is 0.0977. The minimum absolute atomic E-state index is 0.0492. The summed E-state index contributed by atoms with van der Waals surface area (Å²) in [6.07, 6.45) is 0. The molecule has 8 bridgehead atoms. The largest absolute Gasteiger partial charge is 0.325 e. The molecule has 6 aromatic carbocycles. The summed E-state index contributed by atoms with van der Waals surface area (Å²) in [6.45, 7) is -0.184. The number of aromatic amines is 2. The van der Waals surface area contributed by atoms with Gasteiger partial charge in [-0.05, 0) is 83.9 Å². The average Bonchev–Trinajstić information content (AvgIpc) is 4.18. The van der Waals surface area contributed by atoms with E-state index in [2.05, 4.69) is 9.97 Å². The van der Waals surface area contributed by atoms with Crippen LogP contribution in [-0.4, -0.2) is 99.2 Å². The number of imide groups is 2. The predicted molar refractivity (Wildman–Crippen MR) is 255 cm³/mol. The summed E-state index contributed by atoms with van der Waals surface area (Å²) in [5, 5.41) is 1.08. The third kappa shape index (κ3) is 6.65. The van der Waals surface area contributed by atoms with Gasteiger partial charge in [-0.2, -0.15) is 16.8 Å². The van der Waals surface area contributed by atoms with Gasteiger partial charge in [0, 0.05) is 44.2 Å². The number of hydrogen-bond acceptors (Lipinski definition) is 14. The Morgan fingerprint density at radius 3 is 1.32 bits per heavy atom. The zero-order valence-corrected chi connectivity index (χ0v) is 38.1. The lowest BCUT2D eigenvalue weighted by atomic mass is 10.0. The lowest BCUT2D eigenvalue weighted by Gasteiger charge is -2.14. The summed E-state index contributed by atoms with van der Waals surface area (Å²) in [4.78, 5) is 90.9. The van der Waals surface area contributed by atoms with Crippen LogP contribution in [0.3, 0.4) is 0 Å². The summed E-state index contributed by atoms with van der Waals surface area (Å²) < 4.78 is 70.1. The standard InChI is InChI=1S/C50H28N10O10S2/c61-47-31-5-1-2-6-32(31)48(62)59(47)21-23-9-13-27-35(17-23)43-52-39(27)51-40-28-14-10-24(22-60-49(63)33-7-3-4-8-34(33)50(60)64)18-36(28)44(53-40)58-46-38-20-26(72(68,69)70)12-16-30(38)42(57-46)56-45-37-19-25(71(65,66)67)11-15-29(37)41(54-43)55-45/h1-20H,21-22H2,(H,65,66,67)(H,68,69,70)(H2,51,52,53,54,55,56,57,58). The molecule has 0 fully saturated rings. The lowest BCUT2D eigenvalue weighted by Crippen LogP contribution is -2.29. The molecular weight excluding hydrogens is 965 g/mol. The second-order valence-corrected chi connectivity index (χ2v) is 20.1. The van der Waals surface area contributed by atoms with Crippen molar-refractivity contribution in [1.29, 1.82) is 0 Å². The summed E-state index contributed by atoms with van der Waals surface area (Å²) in [7, 11) is -9.49. The zero-order valence-electron chi connectivity index (χ0n) is 36.5. The Labute approximate surface area is 405 Å². The van der Waals surface area contributed by atoms with E-state index < -0.39 is 53.7 Å². The van der Waals surface area contributed by atoms with Gasteiger partial charge in [-0.3, -0.25) is 38.1 Å². The summed E-state index contributed by atoms with van der Waals surface area (Å²) in [5.41, 5.74) is 4.63. The van der Waals surface area contributed by atoms with Crippen molar-refractivity contribution < 1.29 is 45.1 Å². The van der Waals surface area contributed by atoms with E-state index in [1.165, 1.54) is 30.3 Å². The predicted octanol–water partition coefficient (Wildman–Crippen LogP) is 6.86. The number of hydrogen-bond donors (Lipinski definition) is 4. The Morgan fingerprint density at radius 2 is 0.819 bits per heavy atom. The molecule has 20 nitrogen and oxygen atoms in total. The molecule has 0 unspecified atom stereocenters. The molecule has 5 aliphatic heterocycles. The van der Waals surface area contributed by atoms with Crippen LogP contribution in [0.5, 0.6) is 0 Å². The maximum Gasteiger partial charge on any atom is 0.294 e. The molecule has 2 aromatic heterocycles. The first kappa shape index (κ1) is 42.8. The SMILES string of the molecule is O=C1c2ccccc2C(=O)N1Cc1ccc2c(c1)-c1nc3nc(nc4nc(nc5[nH]c([nH]c-2n1)c1ccc(CN2C(=O)c6ccccc6C2=O)cc51)-c1ccc(S(=O)(=O)O)cc1-4)-c1ccc(S(=O)(=O)O)cc1-3. The van der Waals surface area contributed by atoms with Crippen LogP contribution in [0.1, 0.15) is 52.6 Å². The molecule has 7 heterocycles. The molecule has 4 amide bonds. The average molecular weight is 993 g/mol. The molecule has 0 aliphatic carbocycles. The molecule has 0 atom stereocenters. The molecule has 22 heteroatoms. The molecule has 0 spiro atoms. The normalized spacial score (nSPS) is 14.1. The molecule has 8 aromatic rings. The van der Waals surface area contributed by atoms with E-state index in [1.807, 2.05) is 0 Å². The highest BCUT2D eigenvalue weighted by molar-refractivity contribution is 7.86. The monoisotopic (exact) mass is 992 g/mol. The van der Waals surface area contributed by atoms with Crippen molar-refractivity contribution in [2.45, 2.75) is 22.9 Å². The fourth-order valence-electron chi connectivity index (χ4n) is 9.50. The van der Waals surface area contributed by atoms with Gasteiger partial charge in [0.2, 0.25) is 0 Å². The van der Waals surface area contributed by atoms with Crippen LogP contribution in [0, 0.1) is 0 Å². The Hall–Kier alpha value is -9.22. The van der Waals surface area contributed by atoms with Crippen molar-refractivity contribution in [2.75, 3.05) is 0 Å². The molecule has 72 heavy (non-hydrogen) atoms. The van der Waals surface area contributed by atoms with Crippen molar-refractivity contribution >= 4 is 65.9 Å². The second kappa shape index (κ2) is 15.1. The van der Waals surface area contributed by atoms with Crippen LogP contribution < -0.4 is 0 Å². The summed E-state index contributed by atoms with van der Waals surface area (Å²) in [5.74, 6) is -1.65. The number of carbonyl (C=O) groups is 4. The van der Waals surface area contributed by atoms with E-state index in [4.69, 9.17) is 29.9 Å². The molecule has 4 N–H and O–H groups in total. The van der Waals surface area contributed by atoms with Gasteiger partial charge >= 0.3 is 0 Å². The maximum atomic E-state index is 13.5. The minimum Gasteiger partial charge on any atom is -0.325 e. The first-order valence-corrected chi connectivity index (χ1v) is 24.7. The number of H-pyrrole nitrogens is 2. The van der Waals surface area contributed by atoms with Crippen molar-refractivity contribution in [2.24, 2.45) is 0 Å². The second-order valence-electron chi connectivity index (χ2n) is 17.2. The third-order valence-corrected chi connectivity index (χ3v) is 14.6. The van der Waals surface area contributed by atoms with Crippen LogP contribution in [-0.2, 0) is 33.3 Å². The van der Waals surface area contributed by atoms with Crippen molar-refractivity contribution in [3.8, 4) is 68.3 Å². The highest BCUT2D eigenvalue weighted by Gasteiger charge is 2.37. The highest BCUT2D eigenvalue weighted by Crippen LogP contribution is 2.42. The van der Waals surface area contributed by atoms with Crippen LogP contribution in [0.2, 0.25) is 0 Å². The summed E-state index contributed by atoms with van der Waals surface area (Å²) >= 11 is 0. The van der Waals surface area contributed by atoms with Crippen LogP contribution in [0.15, 0.2) is 131 Å². The Morgan fingerprint density at radius 1 is 0.403 bits per heavy atom. The smallest absolute Gasteiger partial charge is 0.294 e. The highest BCUT2D eigenvalue weighted by atomic mass is 32.2. The van der Waals surface area contributed by atoms with Gasteiger partial charge in [0.05, 0.1) is 45.1 Å². The number of rotatable bonds is 6. The van der Waals surface area contributed by atoms with Crippen molar-refractivity contribution in [3.63, 3.8) is 0 Å². The van der Waals surface area contributed by atoms with Crippen molar-refractivity contribution in [3.05, 3.63) is 155 Å². The maximum absolute atomic E-state index is 13.5. The van der Waals surface area contributed by atoms with Gasteiger partial charge in [0.15, 0.2) is 29.1 Å². The molecule has 0 radical (unpaired) electrons. The van der Waals surface area contributed by atoms with E-state index in [0.29, 0.717) is 55.4 Å². The Balaban J connectivity index is 1.05. The van der Waals surface area contributed by atoms with Gasteiger partial charge in [-0.15, -0.1) is 0 Å². The molecule has 0 saturated heterocycles. The van der Waals surface area contributed by atoms with Gasteiger partial charge in [0.25, 0.3) is 43.9 Å². The first-order chi connectivity index (χ1) is 34.6. The van der Waals surface area contributed by atoms with Crippen LogP contribution >= 0.6 is 0 Å². The van der Waals surface area contributed by atoms with Crippen LogP contribution in [0.25, 0.3) is 90.4 Å². The number of aromatic nitrogens is 8. The molecule has 0 saturated carbocycles. The van der Waals surface area contributed by atoms with Crippen LogP contribution in [0.4, 0.5) is 0 Å². The van der Waals surface area contributed by atoms with Gasteiger partial charge in [0.1, 0.15) is 17.1 Å². The van der Waals surface area contributed by atoms with E-state index >= 15 is 0 Å². The topological polar surface area (TPSA) is 292 Å². The summed E-state index contributed by atoms with van der Waals surface area (Å²) in [6, 6.07) is 31.1. The fraction of sp³-hybridized carbons (Fsp3) is 0.0400. The Kier molecular flexibility index (Phi) is 9.01. The lowest BCUT2D eigenvalue weighted by molar-refractivity contribution is 0.0627. The van der Waals surface area contributed by atoms with E-state index in [0.717, 1.165) is 15.9 Å². The van der Waals surface area contributed by atoms with E-state index in [1.54, 1.807) is 84.9 Å². The zero-order chi connectivity index (χ0) is 49.5. The molecule has 350 valence electrons. The van der Waals surface area contributed by atoms with Gasteiger partial charge in [-0.25, -0.2) is 29.9 Å². The number of benzene rings is 6. The van der Waals surface area contributed by atoms with E-state index in [9.17, 15) is 45.1 Å². The first-order valence-electron chi connectivity index (χ1n) is 21.8. The van der Waals surface area contributed by atoms with Crippen molar-refractivity contribution in [1.82, 2.24) is 49.7 Å². The van der Waals surface area contributed by atoms with E-state index in [-0.39, 0.29) is 81.5 Å².